The van der Waals surface area contributed by atoms with Gasteiger partial charge < -0.3 is 9.72 Å². The number of nitrogens with zero attached hydrogens (tertiary/aromatic N) is 2. The van der Waals surface area contributed by atoms with Gasteiger partial charge >= 0.3 is 6.36 Å². The zero-order chi connectivity index (χ0) is 21.1. The summed E-state index contributed by atoms with van der Waals surface area (Å²) in [5.41, 5.74) is 3.54. The normalized spacial score (nSPS) is 11.6. The molecule has 0 atom stereocenters. The van der Waals surface area contributed by atoms with Gasteiger partial charge in [-0.1, -0.05) is 18.2 Å². The van der Waals surface area contributed by atoms with Crippen molar-refractivity contribution in [1.82, 2.24) is 15.0 Å². The molecule has 152 valence electrons. The van der Waals surface area contributed by atoms with Crippen LogP contribution in [-0.2, 0) is 12.8 Å². The Balaban J connectivity index is 1.43. The molecule has 4 aromatic rings. The highest BCUT2D eigenvalue weighted by molar-refractivity contribution is 5.97. The van der Waals surface area contributed by atoms with Crippen molar-refractivity contribution >= 4 is 16.8 Å². The molecule has 3 aromatic heterocycles. The molecule has 0 aliphatic rings. The number of carbonyl (C=O) groups excluding carboxylic acids is 1. The number of ketones is 1. The summed E-state index contributed by atoms with van der Waals surface area (Å²) in [7, 11) is 0. The lowest BCUT2D eigenvalue weighted by molar-refractivity contribution is -0.274. The Labute approximate surface area is 169 Å². The molecular weight excluding hydrogens is 395 g/mol. The van der Waals surface area contributed by atoms with Gasteiger partial charge in [-0.15, -0.1) is 13.2 Å². The first-order valence-corrected chi connectivity index (χ1v) is 9.11. The summed E-state index contributed by atoms with van der Waals surface area (Å²) in [6.45, 7) is 0. The molecule has 0 saturated carbocycles. The van der Waals surface area contributed by atoms with Crippen LogP contribution in [0.5, 0.6) is 5.75 Å². The lowest BCUT2D eigenvalue weighted by atomic mass is 10.0. The van der Waals surface area contributed by atoms with Crippen molar-refractivity contribution in [1.29, 1.82) is 0 Å². The molecule has 1 aromatic carbocycles. The van der Waals surface area contributed by atoms with E-state index in [9.17, 15) is 18.0 Å². The summed E-state index contributed by atoms with van der Waals surface area (Å²) in [5, 5.41) is 1.04. The Morgan fingerprint density at radius 3 is 2.70 bits per heavy atom. The average molecular weight is 411 g/mol. The predicted octanol–water partition coefficient (Wildman–Crippen LogP) is 4.87. The summed E-state index contributed by atoms with van der Waals surface area (Å²) in [6, 6.07) is 12.5. The quantitative estimate of drug-likeness (QED) is 0.460. The first-order valence-electron chi connectivity index (χ1n) is 9.11. The van der Waals surface area contributed by atoms with Gasteiger partial charge in [0.05, 0.1) is 6.42 Å². The van der Waals surface area contributed by atoms with Gasteiger partial charge in [0.25, 0.3) is 0 Å². The molecule has 0 bridgehead atoms. The number of pyridine rings is 2. The molecule has 0 saturated heterocycles. The molecule has 0 aliphatic carbocycles. The van der Waals surface area contributed by atoms with Crippen LogP contribution in [0.4, 0.5) is 13.2 Å². The summed E-state index contributed by atoms with van der Waals surface area (Å²) >= 11 is 0. The van der Waals surface area contributed by atoms with Gasteiger partial charge in [0, 0.05) is 41.7 Å². The Hall–Kier alpha value is -3.68. The van der Waals surface area contributed by atoms with E-state index in [2.05, 4.69) is 19.7 Å². The van der Waals surface area contributed by atoms with Crippen molar-refractivity contribution in [3.63, 3.8) is 0 Å². The number of hydrogen-bond donors (Lipinski definition) is 1. The highest BCUT2D eigenvalue weighted by Gasteiger charge is 2.31. The first kappa shape index (κ1) is 19.6. The molecule has 1 N–H and O–H groups in total. The van der Waals surface area contributed by atoms with Crippen LogP contribution in [0, 0.1) is 0 Å². The van der Waals surface area contributed by atoms with Crippen LogP contribution in [0.1, 0.15) is 27.2 Å². The van der Waals surface area contributed by atoms with Crippen molar-refractivity contribution in [2.45, 2.75) is 19.2 Å². The van der Waals surface area contributed by atoms with E-state index in [1.165, 1.54) is 12.1 Å². The number of aromatic amines is 1. The van der Waals surface area contributed by atoms with E-state index in [-0.39, 0.29) is 17.8 Å². The van der Waals surface area contributed by atoms with E-state index < -0.39 is 12.1 Å². The number of nitrogens with one attached hydrogen (secondary N) is 1. The number of H-pyrrole nitrogens is 1. The zero-order valence-corrected chi connectivity index (χ0v) is 15.6. The number of carbonyl (C=O) groups is 1. The Morgan fingerprint density at radius 2 is 1.93 bits per heavy atom. The fourth-order valence-corrected chi connectivity index (χ4v) is 3.18. The number of Topliss-reactive ketones (excluding diaryl/α,β-unsaturated/α-hetero) is 1. The Bertz CT molecular complexity index is 1180. The summed E-state index contributed by atoms with van der Waals surface area (Å²) in [4.78, 5) is 24.2. The maximum absolute atomic E-state index is 12.4. The van der Waals surface area contributed by atoms with E-state index in [4.69, 9.17) is 0 Å². The zero-order valence-electron chi connectivity index (χ0n) is 15.6. The van der Waals surface area contributed by atoms with Crippen LogP contribution in [0.15, 0.2) is 67.1 Å². The fraction of sp³-hybridized carbons (Fsp3) is 0.136. The third kappa shape index (κ3) is 4.65. The minimum absolute atomic E-state index is 0.0211. The monoisotopic (exact) mass is 411 g/mol. The lowest BCUT2D eigenvalue weighted by Gasteiger charge is -2.09. The van der Waals surface area contributed by atoms with E-state index in [1.54, 1.807) is 18.5 Å². The van der Waals surface area contributed by atoms with Gasteiger partial charge in [-0.2, -0.15) is 0 Å². The maximum atomic E-state index is 12.4. The molecule has 0 fully saturated rings. The molecule has 0 unspecified atom stereocenters. The smallest absolute Gasteiger partial charge is 0.406 e. The van der Waals surface area contributed by atoms with Crippen LogP contribution in [0.3, 0.4) is 0 Å². The molecule has 30 heavy (non-hydrogen) atoms. The Kier molecular flexibility index (Phi) is 5.22. The third-order valence-corrected chi connectivity index (χ3v) is 4.55. The fourth-order valence-electron chi connectivity index (χ4n) is 3.18. The van der Waals surface area contributed by atoms with Crippen LogP contribution in [0.25, 0.3) is 11.0 Å². The second-order valence-corrected chi connectivity index (χ2v) is 6.72. The minimum Gasteiger partial charge on any atom is -0.406 e. The van der Waals surface area contributed by atoms with E-state index >= 15 is 0 Å². The van der Waals surface area contributed by atoms with Crippen molar-refractivity contribution in [2.75, 3.05) is 0 Å². The third-order valence-electron chi connectivity index (χ3n) is 4.55. The molecule has 0 aliphatic heterocycles. The topological polar surface area (TPSA) is 67.9 Å². The molecule has 4 rings (SSSR count). The number of benzene rings is 1. The van der Waals surface area contributed by atoms with Crippen molar-refractivity contribution < 1.29 is 22.7 Å². The highest BCUT2D eigenvalue weighted by atomic mass is 19.4. The molecule has 0 amide bonds. The second kappa shape index (κ2) is 7.98. The predicted molar refractivity (Wildman–Crippen MR) is 104 cm³/mol. The Morgan fingerprint density at radius 1 is 1.07 bits per heavy atom. The summed E-state index contributed by atoms with van der Waals surface area (Å²) in [5.74, 6) is -0.768. The number of alkyl halides is 3. The van der Waals surface area contributed by atoms with Crippen LogP contribution in [-0.4, -0.2) is 27.1 Å². The van der Waals surface area contributed by atoms with Gasteiger partial charge in [-0.05, 0) is 41.5 Å². The molecule has 5 nitrogen and oxygen atoms in total. The second-order valence-electron chi connectivity index (χ2n) is 6.72. The number of ether oxygens (including phenoxy) is 1. The molecule has 3 heterocycles. The lowest BCUT2D eigenvalue weighted by Crippen LogP contribution is -2.17. The number of halogens is 3. The molecule has 0 spiro atoms. The molecular formula is C22H16F3N3O2. The van der Waals surface area contributed by atoms with E-state index in [0.717, 1.165) is 34.3 Å². The number of rotatable bonds is 6. The minimum atomic E-state index is -4.81. The number of fused-ring (bicyclic) bond motifs is 1. The van der Waals surface area contributed by atoms with E-state index in [0.29, 0.717) is 12.1 Å². The van der Waals surface area contributed by atoms with Crippen LogP contribution < -0.4 is 4.74 Å². The van der Waals surface area contributed by atoms with Gasteiger partial charge in [-0.25, -0.2) is 4.98 Å². The molecule has 0 radical (unpaired) electrons. The molecule has 8 heteroatoms. The maximum Gasteiger partial charge on any atom is 0.573 e. The number of aromatic nitrogens is 3. The van der Waals surface area contributed by atoms with Gasteiger partial charge in [0.1, 0.15) is 11.4 Å². The van der Waals surface area contributed by atoms with Gasteiger partial charge in [0.15, 0.2) is 5.78 Å². The summed E-state index contributed by atoms with van der Waals surface area (Å²) < 4.78 is 40.9. The van der Waals surface area contributed by atoms with Crippen LogP contribution >= 0.6 is 0 Å². The SMILES string of the molecule is O=C(Cc1ccc(Cc2c[nH]c3ncccc23)cn1)c1cccc(OC(F)(F)F)c1. The highest BCUT2D eigenvalue weighted by Crippen LogP contribution is 2.24. The van der Waals surface area contributed by atoms with Crippen LogP contribution in [0.2, 0.25) is 0 Å². The summed E-state index contributed by atoms with van der Waals surface area (Å²) in [6.07, 6.45) is 1.16. The standard InChI is InChI=1S/C22H16F3N3O2/c23-22(24,25)30-18-4-1-3-15(10-18)20(29)11-17-7-6-14(12-27-17)9-16-13-28-21-19(16)5-2-8-26-21/h1-8,10,12-13H,9,11H2,(H,26,28). The largest absolute Gasteiger partial charge is 0.573 e. The average Bonchev–Trinajstić information content (AvgIpc) is 3.11. The number of hydrogen-bond acceptors (Lipinski definition) is 4. The van der Waals surface area contributed by atoms with Crippen molar-refractivity contribution in [3.05, 3.63) is 89.5 Å². The van der Waals surface area contributed by atoms with Gasteiger partial charge in [-0.3, -0.25) is 9.78 Å². The van der Waals surface area contributed by atoms with Gasteiger partial charge in [0.2, 0.25) is 0 Å². The van der Waals surface area contributed by atoms with Crippen molar-refractivity contribution in [2.24, 2.45) is 0 Å². The van der Waals surface area contributed by atoms with E-state index in [1.807, 2.05) is 24.4 Å². The first-order chi connectivity index (χ1) is 14.4. The van der Waals surface area contributed by atoms with Crippen molar-refractivity contribution in [3.8, 4) is 5.75 Å².